The number of allylic oxidation sites excluding steroid dienone is 2. The molecule has 5 aliphatic rings. The van der Waals surface area contributed by atoms with Crippen molar-refractivity contribution in [1.82, 2.24) is 0 Å². The molecule has 0 amide bonds. The average Bonchev–Trinajstić information content (AvgIpc) is 2.99. The highest BCUT2D eigenvalue weighted by Crippen LogP contribution is 2.75. The van der Waals surface area contributed by atoms with Crippen molar-refractivity contribution in [3.8, 4) is 5.75 Å². The van der Waals surface area contributed by atoms with Gasteiger partial charge in [-0.2, -0.15) is 0 Å². The minimum Gasteiger partial charge on any atom is -0.497 e. The number of benzene rings is 1. The number of esters is 1. The van der Waals surface area contributed by atoms with Gasteiger partial charge in [-0.3, -0.25) is 9.59 Å². The summed E-state index contributed by atoms with van der Waals surface area (Å²) in [5.74, 6) is 0.197. The molecule has 4 fully saturated rings. The average molecular weight is 631 g/mol. The summed E-state index contributed by atoms with van der Waals surface area (Å²) in [5.41, 5.74) is 0.557. The summed E-state index contributed by atoms with van der Waals surface area (Å²) < 4.78 is 11.4. The third-order valence-electron chi connectivity index (χ3n) is 14.8. The van der Waals surface area contributed by atoms with Crippen molar-refractivity contribution in [2.24, 2.45) is 50.2 Å². The fraction of sp³-hybridized carbons (Fsp3) is 0.675. The smallest absolute Gasteiger partial charge is 0.331 e. The molecule has 9 atom stereocenters. The number of methoxy groups -OCH3 is 1. The molecule has 0 saturated heterocycles. The largest absolute Gasteiger partial charge is 0.497 e. The van der Waals surface area contributed by atoms with Crippen molar-refractivity contribution in [2.75, 3.05) is 7.11 Å². The van der Waals surface area contributed by atoms with Crippen molar-refractivity contribution in [1.29, 1.82) is 0 Å². The first kappa shape index (κ1) is 33.0. The molecule has 4 saturated carbocycles. The zero-order chi connectivity index (χ0) is 33.5. The lowest BCUT2D eigenvalue weighted by Crippen LogP contribution is -2.66. The molecular weight excluding hydrogens is 576 g/mol. The fourth-order valence-corrected chi connectivity index (χ4v) is 11.6. The van der Waals surface area contributed by atoms with E-state index in [0.29, 0.717) is 12.8 Å². The normalized spacial score (nSPS) is 43.0. The van der Waals surface area contributed by atoms with Crippen molar-refractivity contribution >= 4 is 23.8 Å². The molecule has 0 heterocycles. The number of ether oxygens (including phenoxy) is 2. The lowest BCUT2D eigenvalue weighted by atomic mass is 9.33. The van der Waals surface area contributed by atoms with Gasteiger partial charge < -0.3 is 14.6 Å². The number of aliphatic carboxylic acids is 1. The van der Waals surface area contributed by atoms with Crippen molar-refractivity contribution in [2.45, 2.75) is 112 Å². The lowest BCUT2D eigenvalue weighted by Gasteiger charge is -2.70. The molecule has 6 rings (SSSR count). The predicted octanol–water partition coefficient (Wildman–Crippen LogP) is 8.69. The number of carboxylic acids is 1. The highest BCUT2D eigenvalue weighted by atomic mass is 16.5. The Morgan fingerprint density at radius 3 is 2.22 bits per heavy atom. The van der Waals surface area contributed by atoms with Crippen LogP contribution in [0.2, 0.25) is 0 Å². The quantitative estimate of drug-likeness (QED) is 0.259. The highest BCUT2D eigenvalue weighted by Gasteiger charge is 2.70. The van der Waals surface area contributed by atoms with E-state index >= 15 is 0 Å². The van der Waals surface area contributed by atoms with E-state index in [0.717, 1.165) is 56.3 Å². The van der Waals surface area contributed by atoms with Gasteiger partial charge in [-0.25, -0.2) is 4.79 Å². The van der Waals surface area contributed by atoms with Gasteiger partial charge in [0.05, 0.1) is 12.5 Å². The SMILES string of the molecule is COc1ccc(/C=C/C(=O)O[C@H]2CC[C@]3(C)[C@H]4C(=O)C=C5[C@@H]6C[C@@](C)(C(=O)O)CC[C@]6(C)CC[C@@]5(C)[C@]4(C)CC[C@H]3C2(C)C)cc1. The summed E-state index contributed by atoms with van der Waals surface area (Å²) in [5, 5.41) is 10.2. The Kier molecular flexibility index (Phi) is 7.77. The Hall–Kier alpha value is -2.89. The summed E-state index contributed by atoms with van der Waals surface area (Å²) in [6.45, 7) is 15.9. The van der Waals surface area contributed by atoms with Gasteiger partial charge in [0.2, 0.25) is 0 Å². The van der Waals surface area contributed by atoms with Crippen LogP contribution in [0.1, 0.15) is 112 Å². The van der Waals surface area contributed by atoms with Crippen LogP contribution in [0.3, 0.4) is 0 Å². The fourth-order valence-electron chi connectivity index (χ4n) is 11.6. The van der Waals surface area contributed by atoms with Crippen LogP contribution < -0.4 is 4.74 Å². The molecule has 0 unspecified atom stereocenters. The lowest BCUT2D eigenvalue weighted by molar-refractivity contribution is -0.209. The first-order chi connectivity index (χ1) is 21.4. The number of hydrogen-bond acceptors (Lipinski definition) is 5. The zero-order valence-electron chi connectivity index (χ0n) is 29.2. The van der Waals surface area contributed by atoms with Crippen molar-refractivity contribution in [3.05, 3.63) is 47.6 Å². The summed E-state index contributed by atoms with van der Waals surface area (Å²) >= 11 is 0. The third-order valence-corrected chi connectivity index (χ3v) is 14.8. The minimum absolute atomic E-state index is 0.0383. The summed E-state index contributed by atoms with van der Waals surface area (Å²) in [6.07, 6.45) is 12.9. The first-order valence-corrected chi connectivity index (χ1v) is 17.5. The van der Waals surface area contributed by atoms with E-state index in [1.165, 1.54) is 11.6 Å². The molecule has 46 heavy (non-hydrogen) atoms. The maximum Gasteiger partial charge on any atom is 0.331 e. The predicted molar refractivity (Wildman–Crippen MR) is 179 cm³/mol. The van der Waals surface area contributed by atoms with Gasteiger partial charge in [-0.1, -0.05) is 59.2 Å². The van der Waals surface area contributed by atoms with Gasteiger partial charge in [0, 0.05) is 17.4 Å². The Morgan fingerprint density at radius 2 is 1.57 bits per heavy atom. The molecule has 6 nitrogen and oxygen atoms in total. The molecule has 0 bridgehead atoms. The van der Waals surface area contributed by atoms with E-state index < -0.39 is 11.4 Å². The number of carbonyl (C=O) groups is 3. The highest BCUT2D eigenvalue weighted by molar-refractivity contribution is 5.96. The molecule has 1 aromatic rings. The summed E-state index contributed by atoms with van der Waals surface area (Å²) in [4.78, 5) is 40.1. The van der Waals surface area contributed by atoms with Crippen LogP contribution in [0.15, 0.2) is 42.0 Å². The molecule has 5 aliphatic carbocycles. The van der Waals surface area contributed by atoms with E-state index in [2.05, 4.69) is 41.5 Å². The monoisotopic (exact) mass is 630 g/mol. The Labute approximate surface area is 275 Å². The second-order valence-corrected chi connectivity index (χ2v) is 17.5. The second-order valence-electron chi connectivity index (χ2n) is 17.5. The van der Waals surface area contributed by atoms with Crippen LogP contribution in [-0.2, 0) is 19.1 Å². The van der Waals surface area contributed by atoms with Crippen molar-refractivity contribution in [3.63, 3.8) is 0 Å². The van der Waals surface area contributed by atoms with Crippen LogP contribution in [-0.4, -0.2) is 36.0 Å². The molecular formula is C40H54O6. The van der Waals surface area contributed by atoms with Gasteiger partial charge in [0.15, 0.2) is 5.78 Å². The Balaban J connectivity index is 1.27. The Bertz CT molecular complexity index is 1490. The molecule has 1 aromatic carbocycles. The molecule has 1 N–H and O–H groups in total. The van der Waals surface area contributed by atoms with Crippen LogP contribution in [0.4, 0.5) is 0 Å². The van der Waals surface area contributed by atoms with E-state index in [4.69, 9.17) is 9.47 Å². The zero-order valence-corrected chi connectivity index (χ0v) is 29.2. The number of rotatable bonds is 5. The summed E-state index contributed by atoms with van der Waals surface area (Å²) in [7, 11) is 1.63. The molecule has 250 valence electrons. The van der Waals surface area contributed by atoms with Gasteiger partial charge in [-0.05, 0) is 128 Å². The minimum atomic E-state index is -0.753. The standard InChI is InChI=1S/C40H54O6/c1-35(2)30-15-18-40(7)33(38(30,5)17-16-31(35)46-32(42)14-11-25-9-12-26(45-8)13-10-25)29(41)23-27-28-24-37(4,34(43)44)20-19-36(28,3)21-22-39(27,40)6/h9-14,23,28,30-31,33H,15-22,24H2,1-8H3,(H,43,44)/b14-11+/t28-,30-,31-,33+,36+,37-,38-,39+,40+/m0/s1. The van der Waals surface area contributed by atoms with Gasteiger partial charge in [-0.15, -0.1) is 0 Å². The molecule has 0 spiro atoms. The van der Waals surface area contributed by atoms with E-state index in [1.807, 2.05) is 37.3 Å². The summed E-state index contributed by atoms with van der Waals surface area (Å²) in [6, 6.07) is 7.55. The second kappa shape index (κ2) is 10.8. The van der Waals surface area contributed by atoms with Crippen molar-refractivity contribution < 1.29 is 29.0 Å². The number of ketones is 1. The Morgan fingerprint density at radius 1 is 0.891 bits per heavy atom. The third kappa shape index (κ3) is 4.74. The molecule has 6 heteroatoms. The van der Waals surface area contributed by atoms with E-state index in [1.54, 1.807) is 13.2 Å². The van der Waals surface area contributed by atoms with Crippen LogP contribution in [0.25, 0.3) is 6.08 Å². The van der Waals surface area contributed by atoms with Crippen LogP contribution in [0.5, 0.6) is 5.75 Å². The topological polar surface area (TPSA) is 89.9 Å². The molecule has 0 aliphatic heterocycles. The van der Waals surface area contributed by atoms with Gasteiger partial charge in [0.1, 0.15) is 11.9 Å². The van der Waals surface area contributed by atoms with Crippen LogP contribution in [0, 0.1) is 50.2 Å². The number of fused-ring (bicyclic) bond motifs is 7. The maximum atomic E-state index is 14.6. The maximum absolute atomic E-state index is 14.6. The number of carbonyl (C=O) groups excluding carboxylic acids is 2. The van der Waals surface area contributed by atoms with Gasteiger partial charge in [0.25, 0.3) is 0 Å². The van der Waals surface area contributed by atoms with E-state index in [9.17, 15) is 19.5 Å². The number of hydrogen-bond donors (Lipinski definition) is 1. The molecule has 0 radical (unpaired) electrons. The van der Waals surface area contributed by atoms with E-state index in [-0.39, 0.29) is 62.7 Å². The number of carboxylic acid groups (broad SMARTS) is 1. The van der Waals surface area contributed by atoms with Crippen LogP contribution >= 0.6 is 0 Å². The molecule has 0 aromatic heterocycles. The first-order valence-electron chi connectivity index (χ1n) is 17.5. The van der Waals surface area contributed by atoms with Gasteiger partial charge >= 0.3 is 11.9 Å².